The number of carbonyl (C=O) groups is 1. The fraction of sp³-hybridized carbons (Fsp3) is 0.385. The molecule has 11 heteroatoms. The number of methoxy groups -OCH3 is 1. The largest absolute Gasteiger partial charge is 0.493 e. The van der Waals surface area contributed by atoms with Gasteiger partial charge in [-0.1, -0.05) is 62.8 Å². The first-order valence-corrected chi connectivity index (χ1v) is 15.5. The predicted octanol–water partition coefficient (Wildman–Crippen LogP) is 7.00. The number of hydrogen-bond acceptors (Lipinski definition) is 7. The third-order valence-corrected chi connectivity index (χ3v) is 9.53. The first-order valence-electron chi connectivity index (χ1n) is 12.0. The lowest BCUT2D eigenvalue weighted by Gasteiger charge is -2.12. The molecule has 2 aromatic rings. The van der Waals surface area contributed by atoms with Crippen molar-refractivity contribution in [3.8, 4) is 11.5 Å². The molecule has 1 amide bonds. The van der Waals surface area contributed by atoms with Gasteiger partial charge in [0.2, 0.25) is 0 Å². The van der Waals surface area contributed by atoms with Crippen molar-refractivity contribution in [1.29, 1.82) is 0 Å². The number of halogens is 1. The van der Waals surface area contributed by atoms with E-state index in [1.807, 2.05) is 12.1 Å². The molecule has 1 aliphatic heterocycles. The lowest BCUT2D eigenvalue weighted by atomic mass is 10.1. The monoisotopic (exact) mass is 582 g/mol. The molecule has 0 atom stereocenters. The number of sulfonamides is 1. The number of unbranched alkanes of at least 4 members (excludes halogenated alkanes) is 5. The Labute approximate surface area is 232 Å². The van der Waals surface area contributed by atoms with Crippen LogP contribution < -0.4 is 9.47 Å². The van der Waals surface area contributed by atoms with Gasteiger partial charge in [-0.3, -0.25) is 9.69 Å². The van der Waals surface area contributed by atoms with Crippen molar-refractivity contribution in [3.05, 3.63) is 57.8 Å². The predicted molar refractivity (Wildman–Crippen MR) is 153 cm³/mol. The summed E-state index contributed by atoms with van der Waals surface area (Å²) in [5.41, 5.74) is 0.715. The van der Waals surface area contributed by atoms with Crippen LogP contribution in [0.4, 0.5) is 0 Å². The second-order valence-corrected chi connectivity index (χ2v) is 12.8. The summed E-state index contributed by atoms with van der Waals surface area (Å²) in [4.78, 5) is 14.7. The number of thiophene rings is 1. The summed E-state index contributed by atoms with van der Waals surface area (Å²) in [6.07, 6.45) is 10.3. The molecular formula is C26H31ClN2O5S3. The minimum absolute atomic E-state index is 0.00955. The van der Waals surface area contributed by atoms with Crippen LogP contribution in [0.3, 0.4) is 0 Å². The van der Waals surface area contributed by atoms with Crippen molar-refractivity contribution in [2.45, 2.75) is 49.7 Å². The maximum absolute atomic E-state index is 13.1. The van der Waals surface area contributed by atoms with E-state index in [0.29, 0.717) is 32.9 Å². The van der Waals surface area contributed by atoms with Crippen LogP contribution in [0.1, 0.15) is 51.0 Å². The second-order valence-electron chi connectivity index (χ2n) is 8.25. The van der Waals surface area contributed by atoms with Gasteiger partial charge in [-0.15, -0.1) is 22.3 Å². The zero-order chi connectivity index (χ0) is 26.8. The molecule has 0 N–H and O–H groups in total. The highest BCUT2D eigenvalue weighted by molar-refractivity contribution is 8.19. The van der Waals surface area contributed by atoms with Crippen molar-refractivity contribution in [3.63, 3.8) is 0 Å². The molecule has 200 valence electrons. The molecule has 1 aromatic carbocycles. The van der Waals surface area contributed by atoms with Crippen molar-refractivity contribution in [2.75, 3.05) is 20.3 Å². The molecule has 0 saturated carbocycles. The number of ether oxygens (including phenoxy) is 2. The van der Waals surface area contributed by atoms with Crippen molar-refractivity contribution in [1.82, 2.24) is 4.90 Å². The molecule has 0 aliphatic carbocycles. The third kappa shape index (κ3) is 8.10. The molecule has 0 unspecified atom stereocenters. The van der Waals surface area contributed by atoms with Gasteiger partial charge in [0, 0.05) is 6.54 Å². The van der Waals surface area contributed by atoms with Gasteiger partial charge < -0.3 is 9.47 Å². The quantitative estimate of drug-likeness (QED) is 0.135. The molecule has 0 radical (unpaired) electrons. The van der Waals surface area contributed by atoms with Gasteiger partial charge in [-0.05, 0) is 54.1 Å². The van der Waals surface area contributed by atoms with E-state index in [1.165, 1.54) is 48.8 Å². The first kappa shape index (κ1) is 29.3. The van der Waals surface area contributed by atoms with E-state index in [2.05, 4.69) is 17.9 Å². The molecule has 37 heavy (non-hydrogen) atoms. The maximum Gasteiger partial charge on any atom is 0.294 e. The highest BCUT2D eigenvalue weighted by Crippen LogP contribution is 2.36. The summed E-state index contributed by atoms with van der Waals surface area (Å²) in [7, 11) is -2.45. The topological polar surface area (TPSA) is 85.3 Å². The number of amides is 1. The van der Waals surface area contributed by atoms with Crippen LogP contribution in [-0.4, -0.2) is 44.7 Å². The fourth-order valence-corrected chi connectivity index (χ4v) is 7.21. The number of amidine groups is 1. The molecule has 1 fully saturated rings. The molecular weight excluding hydrogens is 552 g/mol. The van der Waals surface area contributed by atoms with Crippen LogP contribution in [0, 0.1) is 0 Å². The first-order chi connectivity index (χ1) is 17.8. The summed E-state index contributed by atoms with van der Waals surface area (Å²) in [5, 5.41) is 0.0616. The number of carbonyl (C=O) groups excluding carboxylic acids is 1. The molecule has 7 nitrogen and oxygen atoms in total. The third-order valence-electron chi connectivity index (χ3n) is 5.44. The van der Waals surface area contributed by atoms with E-state index in [9.17, 15) is 13.2 Å². The summed E-state index contributed by atoms with van der Waals surface area (Å²) in [6, 6.07) is 8.32. The van der Waals surface area contributed by atoms with Crippen LogP contribution in [-0.2, 0) is 14.8 Å². The van der Waals surface area contributed by atoms with Crippen molar-refractivity contribution in [2.24, 2.45) is 4.40 Å². The highest BCUT2D eigenvalue weighted by Gasteiger charge is 2.34. The zero-order valence-electron chi connectivity index (χ0n) is 20.9. The maximum atomic E-state index is 13.1. The fourth-order valence-electron chi connectivity index (χ4n) is 3.56. The number of nitrogens with zero attached hydrogens (tertiary/aromatic N) is 2. The van der Waals surface area contributed by atoms with Gasteiger partial charge in [-0.25, -0.2) is 0 Å². The smallest absolute Gasteiger partial charge is 0.294 e. The summed E-state index contributed by atoms with van der Waals surface area (Å²) in [5.74, 6) is 0.843. The summed E-state index contributed by atoms with van der Waals surface area (Å²) >= 11 is 7.79. The van der Waals surface area contributed by atoms with E-state index < -0.39 is 10.0 Å². The average molecular weight is 583 g/mol. The number of rotatable bonds is 14. The van der Waals surface area contributed by atoms with Gasteiger partial charge in [0.1, 0.15) is 4.21 Å². The summed E-state index contributed by atoms with van der Waals surface area (Å²) < 4.78 is 41.2. The Morgan fingerprint density at radius 1 is 1.11 bits per heavy atom. The van der Waals surface area contributed by atoms with Crippen LogP contribution in [0.25, 0.3) is 6.08 Å². The van der Waals surface area contributed by atoms with Crippen LogP contribution in [0.15, 0.2) is 56.5 Å². The SMILES string of the molecule is C=CCN1C(=O)/C(=C/c2ccc(OCCCCCCCC)c(OC)c2)S/C1=N/S(=O)(=O)c1ccc(Cl)s1. The lowest BCUT2D eigenvalue weighted by molar-refractivity contribution is -0.121. The Morgan fingerprint density at radius 3 is 2.54 bits per heavy atom. The highest BCUT2D eigenvalue weighted by atomic mass is 35.5. The van der Waals surface area contributed by atoms with E-state index in [1.54, 1.807) is 19.3 Å². The van der Waals surface area contributed by atoms with E-state index in [4.69, 9.17) is 21.1 Å². The van der Waals surface area contributed by atoms with Gasteiger partial charge in [0.25, 0.3) is 15.9 Å². The normalized spacial score (nSPS) is 16.1. The van der Waals surface area contributed by atoms with Crippen LogP contribution >= 0.6 is 34.7 Å². The molecule has 1 aromatic heterocycles. The average Bonchev–Trinajstić information content (AvgIpc) is 3.43. The molecule has 2 heterocycles. The molecule has 0 bridgehead atoms. The number of hydrogen-bond donors (Lipinski definition) is 0. The number of thioether (sulfide) groups is 1. The van der Waals surface area contributed by atoms with Crippen molar-refractivity contribution < 1.29 is 22.7 Å². The Bertz CT molecular complexity index is 1270. The molecule has 1 saturated heterocycles. The number of benzene rings is 1. The van der Waals surface area contributed by atoms with Crippen LogP contribution in [0.5, 0.6) is 11.5 Å². The zero-order valence-corrected chi connectivity index (χ0v) is 24.1. The van der Waals surface area contributed by atoms with E-state index >= 15 is 0 Å². The van der Waals surface area contributed by atoms with Gasteiger partial charge in [-0.2, -0.15) is 8.42 Å². The van der Waals surface area contributed by atoms with Gasteiger partial charge in [0.05, 0.1) is 23.0 Å². The Kier molecular flexibility index (Phi) is 11.1. The minimum atomic E-state index is -4.02. The summed E-state index contributed by atoms with van der Waals surface area (Å²) in [6.45, 7) is 6.60. The molecule has 1 aliphatic rings. The standard InChI is InChI=1S/C26H31ClN2O5S3/c1-4-6-7-8-9-10-16-34-20-12-11-19(17-21(20)33-3)18-22-25(30)29(15-5-2)26(35-22)28-37(31,32)24-14-13-23(27)36-24/h5,11-14,17-18H,2,4,6-10,15-16H2,1,3H3/b22-18-,28-26+. The Hall–Kier alpha value is -2.27. The Morgan fingerprint density at radius 2 is 1.86 bits per heavy atom. The van der Waals surface area contributed by atoms with E-state index in [0.717, 1.165) is 35.9 Å². The Balaban J connectivity index is 1.75. The van der Waals surface area contributed by atoms with Crippen molar-refractivity contribution >= 4 is 61.9 Å². The van der Waals surface area contributed by atoms with Gasteiger partial charge in [0.15, 0.2) is 16.7 Å². The molecule has 0 spiro atoms. The van der Waals surface area contributed by atoms with E-state index in [-0.39, 0.29) is 21.8 Å². The van der Waals surface area contributed by atoms with Crippen LogP contribution in [0.2, 0.25) is 4.34 Å². The lowest BCUT2D eigenvalue weighted by Crippen LogP contribution is -2.29. The second kappa shape index (κ2) is 14.0. The minimum Gasteiger partial charge on any atom is -0.493 e. The van der Waals surface area contributed by atoms with Gasteiger partial charge >= 0.3 is 0 Å². The molecule has 3 rings (SSSR count).